The summed E-state index contributed by atoms with van der Waals surface area (Å²) in [6.45, 7) is 2.24. The Morgan fingerprint density at radius 2 is 1.95 bits per heavy atom. The van der Waals surface area contributed by atoms with Gasteiger partial charge in [0.1, 0.15) is 6.61 Å². The van der Waals surface area contributed by atoms with E-state index >= 15 is 0 Å². The molecule has 1 amide bonds. The number of carbonyl (C=O) groups excluding carboxylic acids is 1. The fourth-order valence-electron chi connectivity index (χ4n) is 3.07. The zero-order valence-corrected chi connectivity index (χ0v) is 13.5. The Bertz CT molecular complexity index is 444. The molecule has 0 radical (unpaired) electrons. The summed E-state index contributed by atoms with van der Waals surface area (Å²) < 4.78 is 5.23. The molecule has 1 aromatic rings. The lowest BCUT2D eigenvalue weighted by molar-refractivity contribution is 0.134. The van der Waals surface area contributed by atoms with Gasteiger partial charge in [-0.25, -0.2) is 4.79 Å². The van der Waals surface area contributed by atoms with Crippen LogP contribution in [0.4, 0.5) is 4.79 Å². The van der Waals surface area contributed by atoms with E-state index in [0.717, 1.165) is 12.0 Å². The summed E-state index contributed by atoms with van der Waals surface area (Å²) in [7, 11) is 0. The second-order valence-corrected chi connectivity index (χ2v) is 6.40. The summed E-state index contributed by atoms with van der Waals surface area (Å²) in [5, 5.41) is 2.85. The highest BCUT2D eigenvalue weighted by atomic mass is 16.5. The second kappa shape index (κ2) is 8.79. The number of benzene rings is 1. The first-order chi connectivity index (χ1) is 10.6. The van der Waals surface area contributed by atoms with Crippen molar-refractivity contribution in [2.75, 3.05) is 0 Å². The van der Waals surface area contributed by atoms with Gasteiger partial charge in [0.2, 0.25) is 0 Å². The lowest BCUT2D eigenvalue weighted by Gasteiger charge is -2.28. The van der Waals surface area contributed by atoms with E-state index in [1.165, 1.54) is 32.1 Å². The predicted molar refractivity (Wildman–Crippen MR) is 88.4 cm³/mol. The summed E-state index contributed by atoms with van der Waals surface area (Å²) >= 11 is 0. The van der Waals surface area contributed by atoms with E-state index in [-0.39, 0.29) is 18.7 Å². The van der Waals surface area contributed by atoms with Crippen LogP contribution in [0.5, 0.6) is 0 Å². The van der Waals surface area contributed by atoms with Crippen molar-refractivity contribution in [2.45, 2.75) is 64.1 Å². The van der Waals surface area contributed by atoms with Gasteiger partial charge in [-0.05, 0) is 24.8 Å². The van der Waals surface area contributed by atoms with Gasteiger partial charge in [-0.3, -0.25) is 0 Å². The van der Waals surface area contributed by atoms with Crippen molar-refractivity contribution >= 4 is 6.09 Å². The number of alkyl carbamates (subject to hydrolysis) is 1. The molecule has 4 heteroatoms. The molecule has 1 saturated carbocycles. The quantitative estimate of drug-likeness (QED) is 0.844. The molecule has 0 spiro atoms. The first-order valence-electron chi connectivity index (χ1n) is 8.38. The van der Waals surface area contributed by atoms with Crippen molar-refractivity contribution in [1.29, 1.82) is 0 Å². The molecule has 1 aliphatic carbocycles. The van der Waals surface area contributed by atoms with Crippen LogP contribution in [0.3, 0.4) is 0 Å². The smallest absolute Gasteiger partial charge is 0.407 e. The number of rotatable bonds is 6. The molecule has 3 N–H and O–H groups in total. The SMILES string of the molecule is CC(NC(=O)OCc1ccccc1)[C@@H](N)CC1CCCCC1. The van der Waals surface area contributed by atoms with Gasteiger partial charge < -0.3 is 15.8 Å². The number of carbonyl (C=O) groups is 1. The molecule has 4 nitrogen and oxygen atoms in total. The molecular weight excluding hydrogens is 276 g/mol. The summed E-state index contributed by atoms with van der Waals surface area (Å²) in [4.78, 5) is 11.8. The Kier molecular flexibility index (Phi) is 6.72. The first kappa shape index (κ1) is 16.8. The molecule has 22 heavy (non-hydrogen) atoms. The molecule has 2 atom stereocenters. The molecule has 1 unspecified atom stereocenters. The van der Waals surface area contributed by atoms with Crippen LogP contribution in [0.15, 0.2) is 30.3 Å². The third-order valence-electron chi connectivity index (χ3n) is 4.53. The van der Waals surface area contributed by atoms with Crippen LogP contribution >= 0.6 is 0 Å². The van der Waals surface area contributed by atoms with Gasteiger partial charge in [-0.2, -0.15) is 0 Å². The molecule has 0 bridgehead atoms. The Hall–Kier alpha value is -1.55. The molecule has 1 aromatic carbocycles. The van der Waals surface area contributed by atoms with Crippen molar-refractivity contribution in [2.24, 2.45) is 11.7 Å². The molecule has 0 heterocycles. The van der Waals surface area contributed by atoms with E-state index in [4.69, 9.17) is 10.5 Å². The van der Waals surface area contributed by atoms with Gasteiger partial charge in [0.15, 0.2) is 0 Å². The fourth-order valence-corrected chi connectivity index (χ4v) is 3.07. The largest absolute Gasteiger partial charge is 0.445 e. The lowest BCUT2D eigenvalue weighted by Crippen LogP contribution is -2.46. The molecule has 0 aliphatic heterocycles. The standard InChI is InChI=1S/C18H28N2O2/c1-14(17(19)12-15-8-4-2-5-9-15)20-18(21)22-13-16-10-6-3-7-11-16/h3,6-7,10-11,14-15,17H,2,4-5,8-9,12-13,19H2,1H3,(H,20,21)/t14?,17-/m0/s1. The monoisotopic (exact) mass is 304 g/mol. The van der Waals surface area contributed by atoms with E-state index in [1.54, 1.807) is 0 Å². The maximum atomic E-state index is 11.8. The summed E-state index contributed by atoms with van der Waals surface area (Å²) in [6.07, 6.45) is 7.13. The van der Waals surface area contributed by atoms with E-state index in [1.807, 2.05) is 37.3 Å². The number of ether oxygens (including phenoxy) is 1. The Morgan fingerprint density at radius 1 is 1.27 bits per heavy atom. The summed E-state index contributed by atoms with van der Waals surface area (Å²) in [5.41, 5.74) is 7.22. The summed E-state index contributed by atoms with van der Waals surface area (Å²) in [6, 6.07) is 9.60. The molecule has 1 fully saturated rings. The van der Waals surface area contributed by atoms with Crippen LogP contribution in [-0.2, 0) is 11.3 Å². The van der Waals surface area contributed by atoms with E-state index < -0.39 is 6.09 Å². The van der Waals surface area contributed by atoms with Gasteiger partial charge in [0.25, 0.3) is 0 Å². The normalized spacial score (nSPS) is 18.5. The number of hydrogen-bond donors (Lipinski definition) is 2. The first-order valence-corrected chi connectivity index (χ1v) is 8.38. The zero-order valence-electron chi connectivity index (χ0n) is 13.5. The van der Waals surface area contributed by atoms with Crippen LogP contribution in [-0.4, -0.2) is 18.2 Å². The van der Waals surface area contributed by atoms with Gasteiger partial charge in [-0.15, -0.1) is 0 Å². The highest BCUT2D eigenvalue weighted by Gasteiger charge is 2.21. The van der Waals surface area contributed by atoms with Gasteiger partial charge in [0.05, 0.1) is 0 Å². The second-order valence-electron chi connectivity index (χ2n) is 6.40. The van der Waals surface area contributed by atoms with E-state index in [2.05, 4.69) is 5.32 Å². The van der Waals surface area contributed by atoms with E-state index in [0.29, 0.717) is 5.92 Å². The van der Waals surface area contributed by atoms with E-state index in [9.17, 15) is 4.79 Å². The van der Waals surface area contributed by atoms with Crippen molar-refractivity contribution < 1.29 is 9.53 Å². The van der Waals surface area contributed by atoms with Gasteiger partial charge in [0, 0.05) is 12.1 Å². The molecule has 122 valence electrons. The Labute approximate surface area is 133 Å². The van der Waals surface area contributed by atoms with Gasteiger partial charge >= 0.3 is 6.09 Å². The number of amides is 1. The topological polar surface area (TPSA) is 64.3 Å². The highest BCUT2D eigenvalue weighted by Crippen LogP contribution is 2.27. The average molecular weight is 304 g/mol. The van der Waals surface area contributed by atoms with Crippen LogP contribution in [0.25, 0.3) is 0 Å². The summed E-state index contributed by atoms with van der Waals surface area (Å²) in [5.74, 6) is 0.716. The minimum Gasteiger partial charge on any atom is -0.445 e. The Balaban J connectivity index is 1.68. The van der Waals surface area contributed by atoms with Gasteiger partial charge in [-0.1, -0.05) is 62.4 Å². The molecule has 0 aromatic heterocycles. The Morgan fingerprint density at radius 3 is 2.64 bits per heavy atom. The van der Waals surface area contributed by atoms with Crippen molar-refractivity contribution in [1.82, 2.24) is 5.32 Å². The third-order valence-corrected chi connectivity index (χ3v) is 4.53. The molecular formula is C18H28N2O2. The zero-order chi connectivity index (χ0) is 15.8. The maximum Gasteiger partial charge on any atom is 0.407 e. The molecule has 2 rings (SSSR count). The molecule has 1 aliphatic rings. The number of nitrogens with two attached hydrogens (primary N) is 1. The maximum absolute atomic E-state index is 11.8. The van der Waals surface area contributed by atoms with Crippen molar-refractivity contribution in [3.8, 4) is 0 Å². The number of hydrogen-bond acceptors (Lipinski definition) is 3. The highest BCUT2D eigenvalue weighted by molar-refractivity contribution is 5.67. The van der Waals surface area contributed by atoms with Crippen molar-refractivity contribution in [3.05, 3.63) is 35.9 Å². The minimum atomic E-state index is -0.393. The lowest BCUT2D eigenvalue weighted by atomic mass is 9.84. The van der Waals surface area contributed by atoms with Crippen LogP contribution in [0.1, 0.15) is 51.0 Å². The van der Waals surface area contributed by atoms with Crippen LogP contribution in [0.2, 0.25) is 0 Å². The van der Waals surface area contributed by atoms with Crippen LogP contribution < -0.4 is 11.1 Å². The minimum absolute atomic E-state index is 0.00706. The average Bonchev–Trinajstić information content (AvgIpc) is 2.55. The molecule has 0 saturated heterocycles. The third kappa shape index (κ3) is 5.68. The van der Waals surface area contributed by atoms with Crippen LogP contribution in [0, 0.1) is 5.92 Å². The fraction of sp³-hybridized carbons (Fsp3) is 0.611. The number of nitrogens with one attached hydrogen (secondary N) is 1. The van der Waals surface area contributed by atoms with Crippen molar-refractivity contribution in [3.63, 3.8) is 0 Å². The predicted octanol–water partition coefficient (Wildman–Crippen LogP) is 3.60.